The number of rotatable bonds is 3. The molecule has 2 nitrogen and oxygen atoms in total. The van der Waals surface area contributed by atoms with Gasteiger partial charge in [0.15, 0.2) is 0 Å². The lowest BCUT2D eigenvalue weighted by molar-refractivity contribution is -0.0671. The van der Waals surface area contributed by atoms with Gasteiger partial charge in [-0.25, -0.2) is 4.79 Å². The summed E-state index contributed by atoms with van der Waals surface area (Å²) in [4.78, 5) is 12.6. The predicted molar refractivity (Wildman–Crippen MR) is 91.3 cm³/mol. The molecule has 0 spiro atoms. The summed E-state index contributed by atoms with van der Waals surface area (Å²) in [5.74, 6) is -0.237. The van der Waals surface area contributed by atoms with Gasteiger partial charge in [0.1, 0.15) is 5.60 Å². The molecule has 0 radical (unpaired) electrons. The van der Waals surface area contributed by atoms with Crippen LogP contribution in [-0.4, -0.2) is 5.97 Å². The van der Waals surface area contributed by atoms with Crippen molar-refractivity contribution in [2.45, 2.75) is 24.9 Å². The maximum absolute atomic E-state index is 12.6. The number of fused-ring (bicyclic) bond motifs is 1. The minimum atomic E-state index is -0.440. The van der Waals surface area contributed by atoms with Crippen molar-refractivity contribution in [1.82, 2.24) is 0 Å². The Morgan fingerprint density at radius 1 is 0.826 bits per heavy atom. The third-order valence-corrected chi connectivity index (χ3v) is 4.73. The Balaban J connectivity index is 1.63. The van der Waals surface area contributed by atoms with E-state index in [1.165, 1.54) is 0 Å². The summed E-state index contributed by atoms with van der Waals surface area (Å²) in [6.45, 7) is 0. The molecule has 114 valence electrons. The van der Waals surface area contributed by atoms with Gasteiger partial charge < -0.3 is 4.74 Å². The van der Waals surface area contributed by atoms with E-state index in [-0.39, 0.29) is 5.97 Å². The molecule has 0 amide bonds. The minimum absolute atomic E-state index is 0.237. The topological polar surface area (TPSA) is 26.3 Å². The average Bonchev–Trinajstić information content (AvgIpc) is 2.58. The number of carbonyl (C=O) groups is 1. The molecule has 1 aliphatic carbocycles. The Kier molecular flexibility index (Phi) is 3.38. The smallest absolute Gasteiger partial charge is 0.339 e. The Morgan fingerprint density at radius 3 is 2.22 bits per heavy atom. The molecule has 23 heavy (non-hydrogen) atoms. The molecule has 3 aromatic carbocycles. The highest BCUT2D eigenvalue weighted by Gasteiger charge is 2.42. The highest BCUT2D eigenvalue weighted by molar-refractivity contribution is 5.95. The van der Waals surface area contributed by atoms with E-state index in [4.69, 9.17) is 4.74 Å². The molecule has 0 heterocycles. The van der Waals surface area contributed by atoms with Gasteiger partial charge in [-0.15, -0.1) is 0 Å². The second-order valence-corrected chi connectivity index (χ2v) is 6.17. The van der Waals surface area contributed by atoms with Crippen molar-refractivity contribution in [2.75, 3.05) is 0 Å². The van der Waals surface area contributed by atoms with Crippen LogP contribution in [0.15, 0.2) is 72.8 Å². The van der Waals surface area contributed by atoms with E-state index >= 15 is 0 Å². The molecule has 0 bridgehead atoms. The van der Waals surface area contributed by atoms with E-state index in [1.54, 1.807) is 0 Å². The molecule has 2 heteroatoms. The number of hydrogen-bond acceptors (Lipinski definition) is 2. The first kappa shape index (κ1) is 14.0. The first-order valence-corrected chi connectivity index (χ1v) is 8.05. The Labute approximate surface area is 135 Å². The van der Waals surface area contributed by atoms with Crippen LogP contribution in [0.4, 0.5) is 0 Å². The molecule has 1 aliphatic rings. The fraction of sp³-hybridized carbons (Fsp3) is 0.190. The Bertz CT molecular complexity index is 848. The Morgan fingerprint density at radius 2 is 1.52 bits per heavy atom. The largest absolute Gasteiger partial charge is 0.451 e. The summed E-state index contributed by atoms with van der Waals surface area (Å²) in [5.41, 5.74) is 1.27. The molecular weight excluding hydrogens is 284 g/mol. The number of carbonyl (C=O) groups excluding carboxylic acids is 1. The van der Waals surface area contributed by atoms with Crippen molar-refractivity contribution >= 4 is 16.7 Å². The minimum Gasteiger partial charge on any atom is -0.451 e. The van der Waals surface area contributed by atoms with Crippen molar-refractivity contribution in [3.8, 4) is 0 Å². The zero-order valence-corrected chi connectivity index (χ0v) is 12.9. The lowest BCUT2D eigenvalue weighted by atomic mass is 9.75. The van der Waals surface area contributed by atoms with Gasteiger partial charge >= 0.3 is 5.97 Å². The van der Waals surface area contributed by atoms with Gasteiger partial charge in [-0.2, -0.15) is 0 Å². The number of ether oxygens (including phenoxy) is 1. The highest BCUT2D eigenvalue weighted by Crippen LogP contribution is 2.45. The second kappa shape index (κ2) is 5.54. The monoisotopic (exact) mass is 302 g/mol. The first-order valence-electron chi connectivity index (χ1n) is 8.05. The van der Waals surface area contributed by atoms with Crippen LogP contribution in [0, 0.1) is 0 Å². The molecule has 0 unspecified atom stereocenters. The van der Waals surface area contributed by atoms with E-state index in [0.717, 1.165) is 35.6 Å². The molecule has 1 fully saturated rings. The molecule has 1 saturated carbocycles. The van der Waals surface area contributed by atoms with E-state index in [1.807, 2.05) is 72.8 Å². The van der Waals surface area contributed by atoms with Gasteiger partial charge in [-0.3, -0.25) is 0 Å². The van der Waals surface area contributed by atoms with Crippen LogP contribution in [0.3, 0.4) is 0 Å². The molecule has 0 saturated heterocycles. The van der Waals surface area contributed by atoms with Gasteiger partial charge in [-0.05, 0) is 47.7 Å². The third kappa shape index (κ3) is 2.50. The zero-order valence-electron chi connectivity index (χ0n) is 12.9. The maximum atomic E-state index is 12.6. The molecule has 0 aromatic heterocycles. The van der Waals surface area contributed by atoms with E-state index in [0.29, 0.717) is 5.56 Å². The summed E-state index contributed by atoms with van der Waals surface area (Å²) >= 11 is 0. The summed E-state index contributed by atoms with van der Waals surface area (Å²) in [6.07, 6.45) is 2.90. The van der Waals surface area contributed by atoms with Crippen LogP contribution in [-0.2, 0) is 10.3 Å². The van der Waals surface area contributed by atoms with E-state index in [2.05, 4.69) is 0 Å². The second-order valence-electron chi connectivity index (χ2n) is 6.17. The number of hydrogen-bond donors (Lipinski definition) is 0. The molecule has 3 aromatic rings. The van der Waals surface area contributed by atoms with Crippen molar-refractivity contribution < 1.29 is 9.53 Å². The van der Waals surface area contributed by atoms with Crippen molar-refractivity contribution in [2.24, 2.45) is 0 Å². The van der Waals surface area contributed by atoms with Gasteiger partial charge in [0.05, 0.1) is 5.56 Å². The van der Waals surface area contributed by atoms with Crippen LogP contribution in [0.2, 0.25) is 0 Å². The fourth-order valence-electron chi connectivity index (χ4n) is 3.24. The van der Waals surface area contributed by atoms with Crippen LogP contribution in [0.1, 0.15) is 35.2 Å². The van der Waals surface area contributed by atoms with Crippen molar-refractivity contribution in [3.05, 3.63) is 83.9 Å². The molecule has 0 aliphatic heterocycles. The van der Waals surface area contributed by atoms with Gasteiger partial charge in [0, 0.05) is 0 Å². The first-order chi connectivity index (χ1) is 11.3. The van der Waals surface area contributed by atoms with E-state index in [9.17, 15) is 4.79 Å². The summed E-state index contributed by atoms with van der Waals surface area (Å²) in [6, 6.07) is 23.9. The number of benzene rings is 3. The lowest BCUT2D eigenvalue weighted by Crippen LogP contribution is -2.39. The molecule has 4 rings (SSSR count). The zero-order chi connectivity index (χ0) is 15.7. The van der Waals surface area contributed by atoms with Crippen molar-refractivity contribution in [1.29, 1.82) is 0 Å². The molecule has 0 N–H and O–H groups in total. The quantitative estimate of drug-likeness (QED) is 0.631. The summed E-state index contributed by atoms with van der Waals surface area (Å²) in [7, 11) is 0. The highest BCUT2D eigenvalue weighted by atomic mass is 16.6. The Hall–Kier alpha value is -2.61. The van der Waals surface area contributed by atoms with Gasteiger partial charge in [0.2, 0.25) is 0 Å². The van der Waals surface area contributed by atoms with Crippen LogP contribution >= 0.6 is 0 Å². The average molecular weight is 302 g/mol. The lowest BCUT2D eigenvalue weighted by Gasteiger charge is -2.41. The SMILES string of the molecule is O=C(OC1(c2ccccc2)CCC1)c1ccc2ccccc2c1. The van der Waals surface area contributed by atoms with Crippen LogP contribution in [0.5, 0.6) is 0 Å². The normalized spacial score (nSPS) is 15.8. The summed E-state index contributed by atoms with van der Waals surface area (Å²) < 4.78 is 5.96. The maximum Gasteiger partial charge on any atom is 0.339 e. The van der Waals surface area contributed by atoms with Gasteiger partial charge in [-0.1, -0.05) is 60.7 Å². The molecule has 0 atom stereocenters. The number of esters is 1. The predicted octanol–water partition coefficient (Wildman–Crippen LogP) is 5.08. The van der Waals surface area contributed by atoms with Crippen LogP contribution in [0.25, 0.3) is 10.8 Å². The third-order valence-electron chi connectivity index (χ3n) is 4.73. The van der Waals surface area contributed by atoms with E-state index < -0.39 is 5.60 Å². The summed E-state index contributed by atoms with van der Waals surface area (Å²) in [5, 5.41) is 2.19. The van der Waals surface area contributed by atoms with Gasteiger partial charge in [0.25, 0.3) is 0 Å². The fourth-order valence-corrected chi connectivity index (χ4v) is 3.24. The molecular formula is C21H18O2. The standard InChI is InChI=1S/C21H18O2/c22-20(18-12-11-16-7-4-5-8-17(16)15-18)23-21(13-6-14-21)19-9-2-1-3-10-19/h1-5,7-12,15H,6,13-14H2. The van der Waals surface area contributed by atoms with Crippen molar-refractivity contribution in [3.63, 3.8) is 0 Å². The van der Waals surface area contributed by atoms with Crippen LogP contribution < -0.4 is 0 Å².